The van der Waals surface area contributed by atoms with E-state index in [1.54, 1.807) is 36.4 Å². The molecule has 0 aliphatic carbocycles. The third kappa shape index (κ3) is 4.80. The summed E-state index contributed by atoms with van der Waals surface area (Å²) in [5.41, 5.74) is 1.26. The summed E-state index contributed by atoms with van der Waals surface area (Å²) in [6, 6.07) is 19.0. The van der Waals surface area contributed by atoms with E-state index < -0.39 is 10.0 Å². The summed E-state index contributed by atoms with van der Waals surface area (Å²) in [7, 11) is -3.72. The second-order valence-electron chi connectivity index (χ2n) is 5.58. The molecule has 3 rings (SSSR count). The Labute approximate surface area is 167 Å². The van der Waals surface area contributed by atoms with Crippen LogP contribution in [0, 0.1) is 0 Å². The SMILES string of the molecule is O=C(Nc1ccc(S(=O)(=O)Nc2ccccc2)cc1)c1ccc(Cl)c(Cl)c1. The monoisotopic (exact) mass is 420 g/mol. The van der Waals surface area contributed by atoms with Crippen molar-refractivity contribution in [2.45, 2.75) is 4.90 Å². The number of amides is 1. The Balaban J connectivity index is 1.73. The molecule has 0 aliphatic heterocycles. The summed E-state index contributed by atoms with van der Waals surface area (Å²) in [5, 5.41) is 3.31. The lowest BCUT2D eigenvalue weighted by atomic mass is 10.2. The van der Waals surface area contributed by atoms with E-state index in [1.807, 2.05) is 0 Å². The molecule has 0 aromatic heterocycles. The van der Waals surface area contributed by atoms with Crippen LogP contribution in [0.4, 0.5) is 11.4 Å². The van der Waals surface area contributed by atoms with E-state index in [4.69, 9.17) is 23.2 Å². The zero-order chi connectivity index (χ0) is 19.4. The van der Waals surface area contributed by atoms with Crippen molar-refractivity contribution in [3.8, 4) is 0 Å². The molecule has 138 valence electrons. The van der Waals surface area contributed by atoms with Gasteiger partial charge in [0.05, 0.1) is 14.9 Å². The van der Waals surface area contributed by atoms with Crippen molar-refractivity contribution in [3.63, 3.8) is 0 Å². The van der Waals surface area contributed by atoms with E-state index in [-0.39, 0.29) is 15.8 Å². The number of halogens is 2. The molecule has 1 amide bonds. The number of para-hydroxylation sites is 1. The topological polar surface area (TPSA) is 75.3 Å². The molecule has 5 nitrogen and oxygen atoms in total. The van der Waals surface area contributed by atoms with E-state index in [2.05, 4.69) is 10.0 Å². The van der Waals surface area contributed by atoms with E-state index in [0.29, 0.717) is 22.0 Å². The lowest BCUT2D eigenvalue weighted by Gasteiger charge is -2.10. The first-order valence-electron chi connectivity index (χ1n) is 7.79. The number of carbonyl (C=O) groups excluding carboxylic acids is 1. The number of sulfonamides is 1. The van der Waals surface area contributed by atoms with Crippen molar-refractivity contribution < 1.29 is 13.2 Å². The van der Waals surface area contributed by atoms with Crippen molar-refractivity contribution in [3.05, 3.63) is 88.4 Å². The van der Waals surface area contributed by atoms with Crippen LogP contribution in [0.2, 0.25) is 10.0 Å². The molecule has 0 spiro atoms. The Bertz CT molecular complexity index is 1070. The van der Waals surface area contributed by atoms with Crippen molar-refractivity contribution in [1.29, 1.82) is 0 Å². The fraction of sp³-hybridized carbons (Fsp3) is 0. The quantitative estimate of drug-likeness (QED) is 0.606. The largest absolute Gasteiger partial charge is 0.322 e. The van der Waals surface area contributed by atoms with Gasteiger partial charge in [0.2, 0.25) is 0 Å². The predicted molar refractivity (Wildman–Crippen MR) is 108 cm³/mol. The van der Waals surface area contributed by atoms with Crippen LogP contribution in [0.5, 0.6) is 0 Å². The van der Waals surface area contributed by atoms with Gasteiger partial charge in [0.25, 0.3) is 15.9 Å². The van der Waals surface area contributed by atoms with Crippen LogP contribution in [0.1, 0.15) is 10.4 Å². The van der Waals surface area contributed by atoms with Gasteiger partial charge in [-0.3, -0.25) is 9.52 Å². The molecule has 8 heteroatoms. The van der Waals surface area contributed by atoms with Gasteiger partial charge in [-0.15, -0.1) is 0 Å². The lowest BCUT2D eigenvalue weighted by Crippen LogP contribution is -2.14. The van der Waals surface area contributed by atoms with Gasteiger partial charge in [-0.25, -0.2) is 8.42 Å². The average molecular weight is 421 g/mol. The number of carbonyl (C=O) groups is 1. The number of rotatable bonds is 5. The van der Waals surface area contributed by atoms with Crippen LogP contribution in [0.25, 0.3) is 0 Å². The molecule has 0 saturated heterocycles. The Morgan fingerprint density at radius 2 is 1.44 bits per heavy atom. The fourth-order valence-corrected chi connectivity index (χ4v) is 3.64. The maximum absolute atomic E-state index is 12.4. The first-order valence-corrected chi connectivity index (χ1v) is 10.0. The summed E-state index contributed by atoms with van der Waals surface area (Å²) in [5.74, 6) is -0.383. The lowest BCUT2D eigenvalue weighted by molar-refractivity contribution is 0.102. The van der Waals surface area contributed by atoms with E-state index in [1.165, 1.54) is 36.4 Å². The minimum Gasteiger partial charge on any atom is -0.322 e. The van der Waals surface area contributed by atoms with Gasteiger partial charge in [-0.2, -0.15) is 0 Å². The summed E-state index contributed by atoms with van der Waals surface area (Å²) in [6.07, 6.45) is 0. The number of hydrogen-bond acceptors (Lipinski definition) is 3. The first-order chi connectivity index (χ1) is 12.8. The smallest absolute Gasteiger partial charge is 0.261 e. The van der Waals surface area contributed by atoms with Crippen molar-refractivity contribution in [2.75, 3.05) is 10.0 Å². The highest BCUT2D eigenvalue weighted by atomic mass is 35.5. The van der Waals surface area contributed by atoms with E-state index in [9.17, 15) is 13.2 Å². The molecule has 3 aromatic rings. The molecule has 0 unspecified atom stereocenters. The van der Waals surface area contributed by atoms with Crippen molar-refractivity contribution in [1.82, 2.24) is 0 Å². The molecular weight excluding hydrogens is 407 g/mol. The molecule has 0 bridgehead atoms. The molecule has 0 atom stereocenters. The van der Waals surface area contributed by atoms with Crippen LogP contribution in [-0.4, -0.2) is 14.3 Å². The molecule has 3 aromatic carbocycles. The Morgan fingerprint density at radius 1 is 0.778 bits per heavy atom. The molecule has 27 heavy (non-hydrogen) atoms. The first kappa shape index (κ1) is 19.2. The zero-order valence-electron chi connectivity index (χ0n) is 13.8. The maximum atomic E-state index is 12.4. The number of nitrogens with one attached hydrogen (secondary N) is 2. The summed E-state index contributed by atoms with van der Waals surface area (Å²) in [6.45, 7) is 0. The second kappa shape index (κ2) is 8.00. The number of anilines is 2. The minimum atomic E-state index is -3.72. The molecule has 0 saturated carbocycles. The maximum Gasteiger partial charge on any atom is 0.261 e. The van der Waals surface area contributed by atoms with Crippen LogP contribution in [0.3, 0.4) is 0 Å². The van der Waals surface area contributed by atoms with Crippen molar-refractivity contribution >= 4 is 50.5 Å². The molecule has 2 N–H and O–H groups in total. The van der Waals surface area contributed by atoms with Crippen LogP contribution in [-0.2, 0) is 10.0 Å². The molecular formula is C19H14Cl2N2O3S. The Kier molecular flexibility index (Phi) is 5.70. The predicted octanol–water partition coefficient (Wildman–Crippen LogP) is 5.05. The van der Waals surface area contributed by atoms with Gasteiger partial charge in [-0.05, 0) is 54.6 Å². The molecule has 0 radical (unpaired) electrons. The summed E-state index contributed by atoms with van der Waals surface area (Å²) >= 11 is 11.7. The molecule has 0 fully saturated rings. The zero-order valence-corrected chi connectivity index (χ0v) is 16.1. The van der Waals surface area contributed by atoms with Gasteiger partial charge < -0.3 is 5.32 Å². The highest BCUT2D eigenvalue weighted by molar-refractivity contribution is 7.92. The highest BCUT2D eigenvalue weighted by Crippen LogP contribution is 2.23. The average Bonchev–Trinajstić information content (AvgIpc) is 2.65. The van der Waals surface area contributed by atoms with E-state index in [0.717, 1.165) is 0 Å². The van der Waals surface area contributed by atoms with Crippen LogP contribution < -0.4 is 10.0 Å². The number of hydrogen-bond donors (Lipinski definition) is 2. The standard InChI is InChI=1S/C19H14Cl2N2O3S/c20-17-11-6-13(12-18(17)21)19(24)22-14-7-9-16(10-8-14)27(25,26)23-15-4-2-1-3-5-15/h1-12,23H,(H,22,24). The summed E-state index contributed by atoms with van der Waals surface area (Å²) in [4.78, 5) is 12.3. The molecule has 0 aliphatic rings. The van der Waals surface area contributed by atoms with Crippen LogP contribution in [0.15, 0.2) is 77.7 Å². The third-order valence-corrected chi connectivity index (χ3v) is 5.77. The second-order valence-corrected chi connectivity index (χ2v) is 8.08. The van der Waals surface area contributed by atoms with Gasteiger partial charge in [0.1, 0.15) is 0 Å². The van der Waals surface area contributed by atoms with Crippen LogP contribution >= 0.6 is 23.2 Å². The number of benzene rings is 3. The van der Waals surface area contributed by atoms with E-state index >= 15 is 0 Å². The Hall–Kier alpha value is -2.54. The minimum absolute atomic E-state index is 0.0823. The van der Waals surface area contributed by atoms with Gasteiger partial charge in [-0.1, -0.05) is 41.4 Å². The fourth-order valence-electron chi connectivity index (χ4n) is 2.28. The van der Waals surface area contributed by atoms with Crippen molar-refractivity contribution in [2.24, 2.45) is 0 Å². The summed E-state index contributed by atoms with van der Waals surface area (Å²) < 4.78 is 27.3. The molecule has 0 heterocycles. The van der Waals surface area contributed by atoms with Gasteiger partial charge in [0, 0.05) is 16.9 Å². The van der Waals surface area contributed by atoms with Gasteiger partial charge in [0.15, 0.2) is 0 Å². The third-order valence-electron chi connectivity index (χ3n) is 3.63. The Morgan fingerprint density at radius 3 is 2.07 bits per heavy atom. The highest BCUT2D eigenvalue weighted by Gasteiger charge is 2.14. The van der Waals surface area contributed by atoms with Gasteiger partial charge >= 0.3 is 0 Å². The normalized spacial score (nSPS) is 11.0.